The molecule has 0 radical (unpaired) electrons. The van der Waals surface area contributed by atoms with Gasteiger partial charge in [-0.05, 0) is 28.8 Å². The number of alkyl halides is 3. The second kappa shape index (κ2) is 3.10. The zero-order chi connectivity index (χ0) is 11.2. The third-order valence-electron chi connectivity index (χ3n) is 2.56. The van der Waals surface area contributed by atoms with Crippen LogP contribution in [0.5, 0.6) is 0 Å². The number of halogens is 3. The zero-order valence-corrected chi connectivity index (χ0v) is 7.80. The van der Waals surface area contributed by atoms with E-state index < -0.39 is 17.8 Å². The van der Waals surface area contributed by atoms with Gasteiger partial charge in [-0.3, -0.25) is 0 Å². The summed E-state index contributed by atoms with van der Waals surface area (Å²) in [5.41, 5.74) is 0.824. The number of aliphatic hydroxyl groups excluding tert-OH is 1. The van der Waals surface area contributed by atoms with Gasteiger partial charge in [0.25, 0.3) is 0 Å². The number of hydrogen-bond acceptors (Lipinski definition) is 1. The van der Waals surface area contributed by atoms with Crippen molar-refractivity contribution in [3.05, 3.63) is 41.5 Å². The maximum atomic E-state index is 12.4. The molecule has 15 heavy (non-hydrogen) atoms. The summed E-state index contributed by atoms with van der Waals surface area (Å²) in [4.78, 5) is 0. The van der Waals surface area contributed by atoms with Crippen LogP contribution in [-0.4, -0.2) is 5.11 Å². The summed E-state index contributed by atoms with van der Waals surface area (Å²) in [5, 5.41) is 9.50. The second-order valence-corrected chi connectivity index (χ2v) is 3.62. The molecule has 80 valence electrons. The fourth-order valence-corrected chi connectivity index (χ4v) is 1.78. The van der Waals surface area contributed by atoms with Gasteiger partial charge in [0, 0.05) is 6.42 Å². The van der Waals surface area contributed by atoms with Crippen molar-refractivity contribution in [1.29, 1.82) is 0 Å². The first-order valence-electron chi connectivity index (χ1n) is 4.47. The number of rotatable bonds is 0. The van der Waals surface area contributed by atoms with E-state index in [0.29, 0.717) is 23.1 Å². The summed E-state index contributed by atoms with van der Waals surface area (Å²) in [5.74, 6) is 0. The van der Waals surface area contributed by atoms with Crippen molar-refractivity contribution in [3.63, 3.8) is 0 Å². The van der Waals surface area contributed by atoms with Gasteiger partial charge in [-0.1, -0.05) is 12.6 Å². The molecular formula is C11H9F3O. The normalized spacial score (nSPS) is 20.5. The van der Waals surface area contributed by atoms with Gasteiger partial charge in [-0.15, -0.1) is 0 Å². The molecule has 0 heterocycles. The van der Waals surface area contributed by atoms with E-state index in [9.17, 15) is 18.3 Å². The molecule has 0 aliphatic heterocycles. The lowest BCUT2D eigenvalue weighted by molar-refractivity contribution is -0.137. The summed E-state index contributed by atoms with van der Waals surface area (Å²) in [7, 11) is 0. The minimum Gasteiger partial charge on any atom is -0.388 e. The first-order chi connectivity index (χ1) is 6.89. The molecule has 4 heteroatoms. The lowest BCUT2D eigenvalue weighted by Gasteiger charge is -2.09. The lowest BCUT2D eigenvalue weighted by atomic mass is 10.0. The van der Waals surface area contributed by atoms with E-state index in [1.807, 2.05) is 0 Å². The van der Waals surface area contributed by atoms with Gasteiger partial charge in [0.2, 0.25) is 0 Å². The molecule has 1 aliphatic rings. The molecule has 0 spiro atoms. The molecule has 1 aliphatic carbocycles. The van der Waals surface area contributed by atoms with Crippen LogP contribution in [0, 0.1) is 0 Å². The Hall–Kier alpha value is -1.29. The van der Waals surface area contributed by atoms with E-state index in [4.69, 9.17) is 0 Å². The molecule has 1 N–H and O–H groups in total. The van der Waals surface area contributed by atoms with Crippen molar-refractivity contribution >= 4 is 5.57 Å². The van der Waals surface area contributed by atoms with E-state index in [-0.39, 0.29) is 0 Å². The molecule has 0 aromatic heterocycles. The number of benzene rings is 1. The molecule has 0 amide bonds. The predicted octanol–water partition coefficient (Wildman–Crippen LogP) is 3.16. The monoisotopic (exact) mass is 214 g/mol. The third kappa shape index (κ3) is 1.65. The van der Waals surface area contributed by atoms with Gasteiger partial charge in [0.05, 0.1) is 11.7 Å². The minimum atomic E-state index is -4.34. The first kappa shape index (κ1) is 10.2. The number of fused-ring (bicyclic) bond motifs is 1. The molecule has 1 atom stereocenters. The highest BCUT2D eigenvalue weighted by atomic mass is 19.4. The quantitative estimate of drug-likeness (QED) is 0.703. The fourth-order valence-electron chi connectivity index (χ4n) is 1.78. The molecule has 0 saturated heterocycles. The molecule has 0 bridgehead atoms. The molecule has 1 unspecified atom stereocenters. The van der Waals surface area contributed by atoms with Gasteiger partial charge < -0.3 is 5.11 Å². The van der Waals surface area contributed by atoms with Crippen molar-refractivity contribution in [2.75, 3.05) is 0 Å². The van der Waals surface area contributed by atoms with Crippen LogP contribution in [0.4, 0.5) is 13.2 Å². The average molecular weight is 214 g/mol. The van der Waals surface area contributed by atoms with E-state index in [1.165, 1.54) is 6.07 Å². The van der Waals surface area contributed by atoms with Crippen LogP contribution in [0.2, 0.25) is 0 Å². The molecule has 0 fully saturated rings. The van der Waals surface area contributed by atoms with E-state index in [2.05, 4.69) is 6.58 Å². The van der Waals surface area contributed by atoms with Crippen molar-refractivity contribution < 1.29 is 18.3 Å². The first-order valence-corrected chi connectivity index (χ1v) is 4.47. The summed E-state index contributed by atoms with van der Waals surface area (Å²) in [6.45, 7) is 3.64. The van der Waals surface area contributed by atoms with E-state index >= 15 is 0 Å². The minimum absolute atomic E-state index is 0.316. The summed E-state index contributed by atoms with van der Waals surface area (Å²) >= 11 is 0. The average Bonchev–Trinajstić information content (AvgIpc) is 2.41. The Labute approximate surface area is 84.9 Å². The Bertz CT molecular complexity index is 420. The molecule has 1 nitrogen and oxygen atoms in total. The van der Waals surface area contributed by atoms with Crippen molar-refractivity contribution in [2.45, 2.75) is 18.7 Å². The summed E-state index contributed by atoms with van der Waals surface area (Å²) in [6.07, 6.45) is -4.74. The van der Waals surface area contributed by atoms with Gasteiger partial charge in [-0.25, -0.2) is 0 Å². The van der Waals surface area contributed by atoms with Gasteiger partial charge in [0.15, 0.2) is 0 Å². The number of hydrogen-bond donors (Lipinski definition) is 1. The van der Waals surface area contributed by atoms with Crippen molar-refractivity contribution in [1.82, 2.24) is 0 Å². The topological polar surface area (TPSA) is 20.2 Å². The zero-order valence-electron chi connectivity index (χ0n) is 7.80. The Morgan fingerprint density at radius 3 is 2.60 bits per heavy atom. The van der Waals surface area contributed by atoms with Crippen molar-refractivity contribution in [3.8, 4) is 0 Å². The maximum Gasteiger partial charge on any atom is 0.416 e. The molecule has 2 rings (SSSR count). The second-order valence-electron chi connectivity index (χ2n) is 3.62. The van der Waals surface area contributed by atoms with Gasteiger partial charge >= 0.3 is 6.18 Å². The maximum absolute atomic E-state index is 12.4. The Balaban J connectivity index is 2.52. The van der Waals surface area contributed by atoms with Crippen LogP contribution in [0.15, 0.2) is 24.8 Å². The molecule has 0 saturated carbocycles. The Morgan fingerprint density at radius 1 is 1.33 bits per heavy atom. The summed E-state index contributed by atoms with van der Waals surface area (Å²) in [6, 6.07) is 3.36. The van der Waals surface area contributed by atoms with Crippen LogP contribution in [0.1, 0.15) is 29.2 Å². The Kier molecular flexibility index (Phi) is 2.12. The van der Waals surface area contributed by atoms with Crippen LogP contribution >= 0.6 is 0 Å². The van der Waals surface area contributed by atoms with Crippen LogP contribution < -0.4 is 0 Å². The number of aliphatic hydroxyl groups is 1. The Morgan fingerprint density at radius 2 is 2.00 bits per heavy atom. The molecular weight excluding hydrogens is 205 g/mol. The highest BCUT2D eigenvalue weighted by Crippen LogP contribution is 2.41. The van der Waals surface area contributed by atoms with Gasteiger partial charge in [-0.2, -0.15) is 13.2 Å². The molecule has 1 aromatic carbocycles. The highest BCUT2D eigenvalue weighted by molar-refractivity contribution is 5.72. The largest absolute Gasteiger partial charge is 0.416 e. The smallest absolute Gasteiger partial charge is 0.388 e. The van der Waals surface area contributed by atoms with E-state index in [0.717, 1.165) is 12.1 Å². The fraction of sp³-hybridized carbons (Fsp3) is 0.273. The predicted molar refractivity (Wildman–Crippen MR) is 50.1 cm³/mol. The highest BCUT2D eigenvalue weighted by Gasteiger charge is 2.33. The van der Waals surface area contributed by atoms with E-state index in [1.54, 1.807) is 0 Å². The van der Waals surface area contributed by atoms with Crippen LogP contribution in [0.25, 0.3) is 5.57 Å². The van der Waals surface area contributed by atoms with Crippen LogP contribution in [0.3, 0.4) is 0 Å². The SMILES string of the molecule is C=C1CC(O)c2ccc(C(F)(F)F)cc21. The van der Waals surface area contributed by atoms with Gasteiger partial charge in [0.1, 0.15) is 0 Å². The van der Waals surface area contributed by atoms with Crippen LogP contribution in [-0.2, 0) is 6.18 Å². The standard InChI is InChI=1S/C11H9F3O/c1-6-4-10(15)8-3-2-7(5-9(6)8)11(12,13)14/h2-3,5,10,15H,1,4H2. The summed E-state index contributed by atoms with van der Waals surface area (Å²) < 4.78 is 37.2. The lowest BCUT2D eigenvalue weighted by Crippen LogP contribution is -2.05. The van der Waals surface area contributed by atoms with Crippen molar-refractivity contribution in [2.24, 2.45) is 0 Å². The third-order valence-corrected chi connectivity index (χ3v) is 2.56. The molecule has 1 aromatic rings.